The summed E-state index contributed by atoms with van der Waals surface area (Å²) in [6.07, 6.45) is 2.08. The van der Waals surface area contributed by atoms with E-state index in [2.05, 4.69) is 0 Å². The van der Waals surface area contributed by atoms with Crippen LogP contribution in [0.5, 0.6) is 0 Å². The fraction of sp³-hybridized carbons (Fsp3) is 0.529. The van der Waals surface area contributed by atoms with Crippen LogP contribution in [-0.4, -0.2) is 22.2 Å². The zero-order chi connectivity index (χ0) is 15.8. The Morgan fingerprint density at radius 2 is 1.86 bits per heavy atom. The third kappa shape index (κ3) is 2.80. The van der Waals surface area contributed by atoms with Crippen LogP contribution in [0.4, 0.5) is 0 Å². The molecule has 1 fully saturated rings. The molecule has 0 aromatic heterocycles. The van der Waals surface area contributed by atoms with E-state index in [4.69, 9.17) is 0 Å². The number of carboxylic acid groups (broad SMARTS) is 2. The third-order valence-electron chi connectivity index (χ3n) is 4.72. The Labute approximate surface area is 124 Å². The van der Waals surface area contributed by atoms with Gasteiger partial charge in [0.2, 0.25) is 0 Å². The van der Waals surface area contributed by atoms with Crippen LogP contribution in [0, 0.1) is 12.8 Å². The molecule has 2 unspecified atom stereocenters. The minimum absolute atomic E-state index is 0.140. The molecule has 1 aromatic rings. The number of hydrogen-bond acceptors (Lipinski definition) is 2. The van der Waals surface area contributed by atoms with E-state index in [9.17, 15) is 19.8 Å². The van der Waals surface area contributed by atoms with Crippen LogP contribution in [0.2, 0.25) is 0 Å². The van der Waals surface area contributed by atoms with Crippen molar-refractivity contribution in [1.29, 1.82) is 0 Å². The highest BCUT2D eigenvalue weighted by Gasteiger charge is 2.37. The largest absolute Gasteiger partial charge is 0.481 e. The lowest BCUT2D eigenvalue weighted by molar-refractivity contribution is -0.143. The molecule has 1 aliphatic rings. The van der Waals surface area contributed by atoms with Crippen molar-refractivity contribution in [3.8, 4) is 0 Å². The Bertz CT molecular complexity index is 574. The average molecular weight is 290 g/mol. The molecule has 0 saturated heterocycles. The minimum Gasteiger partial charge on any atom is -0.481 e. The lowest BCUT2D eigenvalue weighted by atomic mass is 9.76. The van der Waals surface area contributed by atoms with Gasteiger partial charge in [-0.25, -0.2) is 0 Å². The van der Waals surface area contributed by atoms with Gasteiger partial charge in [0, 0.05) is 0 Å². The quantitative estimate of drug-likeness (QED) is 0.892. The number of hydrogen-bond donors (Lipinski definition) is 2. The highest BCUT2D eigenvalue weighted by molar-refractivity contribution is 5.81. The number of carbonyl (C=O) groups is 2. The van der Waals surface area contributed by atoms with Gasteiger partial charge in [-0.15, -0.1) is 0 Å². The lowest BCUT2D eigenvalue weighted by Gasteiger charge is -2.27. The maximum Gasteiger partial charge on any atom is 0.313 e. The van der Waals surface area contributed by atoms with Crippen molar-refractivity contribution in [3.05, 3.63) is 34.9 Å². The van der Waals surface area contributed by atoms with Crippen molar-refractivity contribution in [2.45, 2.75) is 51.4 Å². The van der Waals surface area contributed by atoms with Crippen molar-refractivity contribution in [2.75, 3.05) is 0 Å². The molecular weight excluding hydrogens is 268 g/mol. The summed E-state index contributed by atoms with van der Waals surface area (Å²) in [5.41, 5.74) is 1.93. The highest BCUT2D eigenvalue weighted by atomic mass is 16.4. The average Bonchev–Trinajstić information content (AvgIpc) is 2.87. The van der Waals surface area contributed by atoms with Crippen LogP contribution in [0.25, 0.3) is 0 Å². The second kappa shape index (κ2) is 5.51. The van der Waals surface area contributed by atoms with Gasteiger partial charge in [-0.05, 0) is 62.6 Å². The van der Waals surface area contributed by atoms with Crippen LogP contribution >= 0.6 is 0 Å². The summed E-state index contributed by atoms with van der Waals surface area (Å²) in [5, 5.41) is 18.7. The number of aryl methyl sites for hydroxylation is 1. The van der Waals surface area contributed by atoms with E-state index in [-0.39, 0.29) is 11.8 Å². The van der Waals surface area contributed by atoms with E-state index in [0.717, 1.165) is 23.1 Å². The van der Waals surface area contributed by atoms with Crippen molar-refractivity contribution in [3.63, 3.8) is 0 Å². The van der Waals surface area contributed by atoms with Gasteiger partial charge in [-0.3, -0.25) is 9.59 Å². The maximum atomic E-state index is 11.6. The predicted octanol–water partition coefficient (Wildman–Crippen LogP) is 3.33. The zero-order valence-electron chi connectivity index (χ0n) is 12.7. The molecule has 1 saturated carbocycles. The van der Waals surface area contributed by atoms with Crippen molar-refractivity contribution in [1.82, 2.24) is 0 Å². The van der Waals surface area contributed by atoms with Gasteiger partial charge in [0.15, 0.2) is 0 Å². The van der Waals surface area contributed by atoms with Gasteiger partial charge in [0.05, 0.1) is 11.3 Å². The monoisotopic (exact) mass is 290 g/mol. The van der Waals surface area contributed by atoms with E-state index in [1.165, 1.54) is 0 Å². The molecule has 2 N–H and O–H groups in total. The molecular formula is C17H22O4. The number of aliphatic carboxylic acids is 2. The molecule has 0 radical (unpaired) electrons. The Morgan fingerprint density at radius 1 is 1.19 bits per heavy atom. The van der Waals surface area contributed by atoms with E-state index in [1.54, 1.807) is 13.8 Å². The number of benzene rings is 1. The molecule has 0 amide bonds. The van der Waals surface area contributed by atoms with Crippen LogP contribution in [0.1, 0.15) is 55.7 Å². The summed E-state index contributed by atoms with van der Waals surface area (Å²) >= 11 is 0. The topological polar surface area (TPSA) is 74.6 Å². The van der Waals surface area contributed by atoms with Gasteiger partial charge in [0.1, 0.15) is 0 Å². The number of carboxylic acids is 2. The molecule has 2 atom stereocenters. The normalized spacial score (nSPS) is 22.2. The highest BCUT2D eigenvalue weighted by Crippen LogP contribution is 2.43. The van der Waals surface area contributed by atoms with Crippen LogP contribution in [0.15, 0.2) is 18.2 Å². The first-order valence-corrected chi connectivity index (χ1v) is 7.31. The van der Waals surface area contributed by atoms with E-state index < -0.39 is 17.4 Å². The summed E-state index contributed by atoms with van der Waals surface area (Å²) < 4.78 is 0. The second-order valence-electron chi connectivity index (χ2n) is 6.51. The molecule has 114 valence electrons. The first-order valence-electron chi connectivity index (χ1n) is 7.31. The summed E-state index contributed by atoms with van der Waals surface area (Å²) in [6.45, 7) is 5.39. The van der Waals surface area contributed by atoms with Gasteiger partial charge >= 0.3 is 11.9 Å². The molecule has 1 aliphatic carbocycles. The molecule has 0 aliphatic heterocycles. The van der Waals surface area contributed by atoms with Gasteiger partial charge in [-0.2, -0.15) is 0 Å². The smallest absolute Gasteiger partial charge is 0.313 e. The van der Waals surface area contributed by atoms with Crippen molar-refractivity contribution in [2.24, 2.45) is 5.92 Å². The maximum absolute atomic E-state index is 11.6. The van der Waals surface area contributed by atoms with Crippen molar-refractivity contribution >= 4 is 11.9 Å². The van der Waals surface area contributed by atoms with Gasteiger partial charge < -0.3 is 10.2 Å². The molecule has 2 rings (SSSR count). The minimum atomic E-state index is -0.970. The molecule has 0 heterocycles. The van der Waals surface area contributed by atoms with Crippen LogP contribution in [0.3, 0.4) is 0 Å². The Kier molecular flexibility index (Phi) is 4.08. The summed E-state index contributed by atoms with van der Waals surface area (Å²) in [4.78, 5) is 22.7. The first kappa shape index (κ1) is 15.5. The number of rotatable bonds is 4. The molecule has 21 heavy (non-hydrogen) atoms. The fourth-order valence-electron chi connectivity index (χ4n) is 3.35. The zero-order valence-corrected chi connectivity index (χ0v) is 12.7. The van der Waals surface area contributed by atoms with E-state index in [1.807, 2.05) is 25.1 Å². The van der Waals surface area contributed by atoms with Crippen LogP contribution < -0.4 is 0 Å². The predicted molar refractivity (Wildman–Crippen MR) is 79.6 cm³/mol. The Balaban J connectivity index is 2.45. The second-order valence-corrected chi connectivity index (χ2v) is 6.51. The summed E-state index contributed by atoms with van der Waals surface area (Å²) in [6, 6.07) is 5.72. The molecule has 1 aromatic carbocycles. The van der Waals surface area contributed by atoms with E-state index in [0.29, 0.717) is 12.8 Å². The van der Waals surface area contributed by atoms with Gasteiger partial charge in [-0.1, -0.05) is 18.2 Å². The van der Waals surface area contributed by atoms with Crippen molar-refractivity contribution < 1.29 is 19.8 Å². The van der Waals surface area contributed by atoms with Crippen LogP contribution in [-0.2, 0) is 15.0 Å². The molecule has 0 bridgehead atoms. The summed E-state index contributed by atoms with van der Waals surface area (Å²) in [7, 11) is 0. The SMILES string of the molecule is Cc1cccc(C(C)(C)C(=O)O)c1C1CCC(C(=O)O)C1. The fourth-order valence-corrected chi connectivity index (χ4v) is 3.35. The van der Waals surface area contributed by atoms with E-state index >= 15 is 0 Å². The molecule has 4 heteroatoms. The third-order valence-corrected chi connectivity index (χ3v) is 4.72. The molecule has 4 nitrogen and oxygen atoms in total. The summed E-state index contributed by atoms with van der Waals surface area (Å²) in [5.74, 6) is -1.77. The Hall–Kier alpha value is -1.84. The van der Waals surface area contributed by atoms with Gasteiger partial charge in [0.25, 0.3) is 0 Å². The molecule has 0 spiro atoms. The first-order chi connectivity index (χ1) is 9.75. The lowest BCUT2D eigenvalue weighted by Crippen LogP contribution is -2.30. The standard InChI is InChI=1S/C17H22O4/c1-10-5-4-6-13(17(2,3)16(20)21)14(10)11-7-8-12(9-11)15(18)19/h4-6,11-12H,7-9H2,1-3H3,(H,18,19)(H,20,21). The Morgan fingerprint density at radius 3 is 2.38 bits per heavy atom.